The van der Waals surface area contributed by atoms with Crippen LogP contribution in [0.25, 0.3) is 10.9 Å². The van der Waals surface area contributed by atoms with E-state index in [4.69, 9.17) is 0 Å². The number of likely N-dealkylation sites (N-methyl/N-ethyl adjacent to an activating group) is 1. The maximum Gasteiger partial charge on any atom is 0.0655 e. The quantitative estimate of drug-likeness (QED) is 0.801. The molecule has 0 saturated carbocycles. The highest BCUT2D eigenvalue weighted by atomic mass is 15.2. The fourth-order valence-electron chi connectivity index (χ4n) is 2.45. The van der Waals surface area contributed by atoms with Gasteiger partial charge in [0.05, 0.1) is 11.7 Å². The van der Waals surface area contributed by atoms with E-state index >= 15 is 0 Å². The van der Waals surface area contributed by atoms with Gasteiger partial charge in [0.2, 0.25) is 0 Å². The number of hydrogen-bond acceptors (Lipinski definition) is 2. The molecule has 1 saturated heterocycles. The van der Waals surface area contributed by atoms with Crippen molar-refractivity contribution in [2.45, 2.75) is 13.0 Å². The minimum absolute atomic E-state index is 0.637. The van der Waals surface area contributed by atoms with Crippen LogP contribution in [-0.4, -0.2) is 31.2 Å². The van der Waals surface area contributed by atoms with Gasteiger partial charge in [-0.3, -0.25) is 0 Å². The van der Waals surface area contributed by atoms with Crippen molar-refractivity contribution in [3.05, 3.63) is 30.0 Å². The van der Waals surface area contributed by atoms with Crippen molar-refractivity contribution in [1.29, 1.82) is 0 Å². The molecule has 1 aromatic heterocycles. The molecule has 1 aromatic carbocycles. The summed E-state index contributed by atoms with van der Waals surface area (Å²) in [5.41, 5.74) is 3.84. The van der Waals surface area contributed by atoms with E-state index in [1.807, 2.05) is 0 Å². The predicted octanol–water partition coefficient (Wildman–Crippen LogP) is 1.88. The Morgan fingerprint density at radius 1 is 1.25 bits per heavy atom. The van der Waals surface area contributed by atoms with Gasteiger partial charge in [-0.25, -0.2) is 0 Å². The molecule has 3 nitrogen and oxygen atoms in total. The second-order valence-corrected chi connectivity index (χ2v) is 4.57. The number of para-hydroxylation sites is 1. The zero-order valence-corrected chi connectivity index (χ0v) is 9.75. The van der Waals surface area contributed by atoms with Crippen LogP contribution in [0.2, 0.25) is 0 Å². The van der Waals surface area contributed by atoms with E-state index in [1.54, 1.807) is 0 Å². The second kappa shape index (κ2) is 3.52. The third-order valence-electron chi connectivity index (χ3n) is 3.52. The molecule has 3 heteroatoms. The molecule has 2 N–H and O–H groups in total. The Balaban J connectivity index is 2.10. The number of aryl methyl sites for hydroxylation is 1. The lowest BCUT2D eigenvalue weighted by Crippen LogP contribution is -2.56. The standard InChI is InChI=1S/C13H17N3/c1-9-13(16(2)10-7-14-8-10)11-5-3-4-6-12(11)15-9/h3-6,10,14-15H,7-8H2,1-2H3. The van der Waals surface area contributed by atoms with Crippen LogP contribution in [0.5, 0.6) is 0 Å². The van der Waals surface area contributed by atoms with Crippen LogP contribution in [0.15, 0.2) is 24.3 Å². The number of benzene rings is 1. The monoisotopic (exact) mass is 215 g/mol. The first kappa shape index (κ1) is 9.73. The van der Waals surface area contributed by atoms with Crippen LogP contribution in [0.1, 0.15) is 5.69 Å². The molecular formula is C13H17N3. The van der Waals surface area contributed by atoms with Crippen molar-refractivity contribution in [3.8, 4) is 0 Å². The average Bonchev–Trinajstić information content (AvgIpc) is 2.50. The molecule has 0 unspecified atom stereocenters. The Kier molecular flexibility index (Phi) is 2.14. The van der Waals surface area contributed by atoms with Crippen LogP contribution in [0.3, 0.4) is 0 Å². The van der Waals surface area contributed by atoms with Crippen molar-refractivity contribution in [3.63, 3.8) is 0 Å². The molecule has 1 fully saturated rings. The largest absolute Gasteiger partial charge is 0.367 e. The zero-order chi connectivity index (χ0) is 11.1. The molecule has 1 aliphatic heterocycles. The molecule has 0 bridgehead atoms. The summed E-state index contributed by atoms with van der Waals surface area (Å²) in [7, 11) is 2.19. The Morgan fingerprint density at radius 2 is 2.00 bits per heavy atom. The van der Waals surface area contributed by atoms with Gasteiger partial charge in [0, 0.05) is 36.7 Å². The molecule has 16 heavy (non-hydrogen) atoms. The molecule has 1 aliphatic rings. The number of aromatic nitrogens is 1. The van der Waals surface area contributed by atoms with Crippen LogP contribution in [0, 0.1) is 6.92 Å². The van der Waals surface area contributed by atoms with Gasteiger partial charge in [-0.2, -0.15) is 0 Å². The Morgan fingerprint density at radius 3 is 2.69 bits per heavy atom. The smallest absolute Gasteiger partial charge is 0.0655 e. The lowest BCUT2D eigenvalue weighted by atomic mass is 10.1. The Hall–Kier alpha value is -1.48. The maximum atomic E-state index is 3.45. The normalized spacial score (nSPS) is 16.4. The summed E-state index contributed by atoms with van der Waals surface area (Å²) in [6, 6.07) is 9.15. The van der Waals surface area contributed by atoms with Crippen LogP contribution < -0.4 is 10.2 Å². The first-order valence-corrected chi connectivity index (χ1v) is 5.78. The number of nitrogens with one attached hydrogen (secondary N) is 2. The van der Waals surface area contributed by atoms with Crippen molar-refractivity contribution >= 4 is 16.6 Å². The second-order valence-electron chi connectivity index (χ2n) is 4.57. The van der Waals surface area contributed by atoms with Crippen molar-refractivity contribution in [1.82, 2.24) is 10.3 Å². The van der Waals surface area contributed by atoms with Gasteiger partial charge in [0.25, 0.3) is 0 Å². The minimum atomic E-state index is 0.637. The summed E-state index contributed by atoms with van der Waals surface area (Å²) in [6.07, 6.45) is 0. The number of H-pyrrole nitrogens is 1. The molecule has 0 amide bonds. The minimum Gasteiger partial charge on any atom is -0.367 e. The van der Waals surface area contributed by atoms with E-state index in [0.29, 0.717) is 6.04 Å². The first-order chi connectivity index (χ1) is 7.77. The highest BCUT2D eigenvalue weighted by Gasteiger charge is 2.24. The van der Waals surface area contributed by atoms with Crippen LogP contribution >= 0.6 is 0 Å². The molecule has 2 heterocycles. The van der Waals surface area contributed by atoms with Crippen molar-refractivity contribution in [2.75, 3.05) is 25.0 Å². The summed E-state index contributed by atoms with van der Waals surface area (Å²) in [5, 5.41) is 4.65. The number of nitrogens with zero attached hydrogens (tertiary/aromatic N) is 1. The number of fused-ring (bicyclic) bond motifs is 1. The van der Waals surface area contributed by atoms with Gasteiger partial charge >= 0.3 is 0 Å². The molecular weight excluding hydrogens is 198 g/mol. The van der Waals surface area contributed by atoms with E-state index in [0.717, 1.165) is 13.1 Å². The third kappa shape index (κ3) is 1.32. The Labute approximate surface area is 95.5 Å². The van der Waals surface area contributed by atoms with E-state index < -0.39 is 0 Å². The van der Waals surface area contributed by atoms with Gasteiger partial charge in [-0.15, -0.1) is 0 Å². The van der Waals surface area contributed by atoms with Crippen molar-refractivity contribution in [2.24, 2.45) is 0 Å². The summed E-state index contributed by atoms with van der Waals surface area (Å²) in [4.78, 5) is 5.84. The number of anilines is 1. The average molecular weight is 215 g/mol. The van der Waals surface area contributed by atoms with Crippen LogP contribution in [0.4, 0.5) is 5.69 Å². The zero-order valence-electron chi connectivity index (χ0n) is 9.75. The fraction of sp³-hybridized carbons (Fsp3) is 0.385. The molecule has 0 aliphatic carbocycles. The van der Waals surface area contributed by atoms with Gasteiger partial charge in [-0.1, -0.05) is 18.2 Å². The number of rotatable bonds is 2. The summed E-state index contributed by atoms with van der Waals surface area (Å²) >= 11 is 0. The summed E-state index contributed by atoms with van der Waals surface area (Å²) < 4.78 is 0. The molecule has 84 valence electrons. The first-order valence-electron chi connectivity index (χ1n) is 5.78. The van der Waals surface area contributed by atoms with Crippen molar-refractivity contribution < 1.29 is 0 Å². The lowest BCUT2D eigenvalue weighted by Gasteiger charge is -2.37. The molecule has 2 aromatic rings. The predicted molar refractivity (Wildman–Crippen MR) is 68.1 cm³/mol. The topological polar surface area (TPSA) is 31.1 Å². The molecule has 0 atom stereocenters. The third-order valence-corrected chi connectivity index (χ3v) is 3.52. The van der Waals surface area contributed by atoms with E-state index in [-0.39, 0.29) is 0 Å². The highest BCUT2D eigenvalue weighted by molar-refractivity contribution is 5.94. The van der Waals surface area contributed by atoms with E-state index in [9.17, 15) is 0 Å². The fourth-order valence-corrected chi connectivity index (χ4v) is 2.45. The molecule has 0 spiro atoms. The summed E-state index contributed by atoms with van der Waals surface area (Å²) in [6.45, 7) is 4.34. The summed E-state index contributed by atoms with van der Waals surface area (Å²) in [5.74, 6) is 0. The lowest BCUT2D eigenvalue weighted by molar-refractivity contribution is 0.429. The number of hydrogen-bond donors (Lipinski definition) is 2. The van der Waals surface area contributed by atoms with Gasteiger partial charge < -0.3 is 15.2 Å². The van der Waals surface area contributed by atoms with Gasteiger partial charge in [0.15, 0.2) is 0 Å². The molecule has 0 radical (unpaired) electrons. The molecule has 3 rings (SSSR count). The van der Waals surface area contributed by atoms with Gasteiger partial charge in [-0.05, 0) is 13.0 Å². The van der Waals surface area contributed by atoms with E-state index in [2.05, 4.69) is 53.4 Å². The highest BCUT2D eigenvalue weighted by Crippen LogP contribution is 2.31. The van der Waals surface area contributed by atoms with E-state index in [1.165, 1.54) is 22.3 Å². The van der Waals surface area contributed by atoms with Crippen LogP contribution in [-0.2, 0) is 0 Å². The van der Waals surface area contributed by atoms with Gasteiger partial charge in [0.1, 0.15) is 0 Å². The SMILES string of the molecule is Cc1[nH]c2ccccc2c1N(C)C1CNC1. The number of aromatic amines is 1. The Bertz CT molecular complexity index is 511. The maximum absolute atomic E-state index is 3.45.